The van der Waals surface area contributed by atoms with Gasteiger partial charge in [0.25, 0.3) is 5.91 Å². The van der Waals surface area contributed by atoms with Crippen molar-refractivity contribution in [3.05, 3.63) is 83.8 Å². The molecule has 1 aromatic heterocycles. The van der Waals surface area contributed by atoms with E-state index in [2.05, 4.69) is 9.97 Å². The summed E-state index contributed by atoms with van der Waals surface area (Å²) < 4.78 is 0. The van der Waals surface area contributed by atoms with Gasteiger partial charge in [0.05, 0.1) is 11.4 Å². The Morgan fingerprint density at radius 1 is 0.966 bits per heavy atom. The number of nitrogens with two attached hydrogens (primary N) is 1. The van der Waals surface area contributed by atoms with Gasteiger partial charge in [-0.05, 0) is 37.1 Å². The first-order valence-corrected chi connectivity index (χ1v) is 9.69. The summed E-state index contributed by atoms with van der Waals surface area (Å²) in [4.78, 5) is 35.5. The van der Waals surface area contributed by atoms with Crippen LogP contribution < -0.4 is 5.73 Å². The zero-order chi connectivity index (χ0) is 20.2. The monoisotopic (exact) mass is 386 g/mol. The number of hydrogen-bond acceptors (Lipinski definition) is 4. The zero-order valence-electron chi connectivity index (χ0n) is 16.0. The van der Waals surface area contributed by atoms with Crippen LogP contribution in [0.4, 0.5) is 0 Å². The lowest BCUT2D eigenvalue weighted by Crippen LogP contribution is -2.39. The molecule has 1 fully saturated rings. The second kappa shape index (κ2) is 8.22. The summed E-state index contributed by atoms with van der Waals surface area (Å²) in [5, 5.41) is 0. The smallest absolute Gasteiger partial charge is 0.253 e. The van der Waals surface area contributed by atoms with Crippen LogP contribution in [-0.2, 0) is 0 Å². The SMILES string of the molecule is NC(=O)c1cccc(-c2nccnc2C2CCCN(C(=O)c3ccccc3)C2)c1. The first-order valence-electron chi connectivity index (χ1n) is 9.69. The summed E-state index contributed by atoms with van der Waals surface area (Å²) in [7, 11) is 0. The molecule has 2 heterocycles. The van der Waals surface area contributed by atoms with Crippen LogP contribution in [0.1, 0.15) is 45.2 Å². The molecule has 1 unspecified atom stereocenters. The van der Waals surface area contributed by atoms with Crippen LogP contribution in [-0.4, -0.2) is 39.8 Å². The third kappa shape index (κ3) is 4.01. The minimum atomic E-state index is -0.477. The average molecular weight is 386 g/mol. The third-order valence-electron chi connectivity index (χ3n) is 5.26. The van der Waals surface area contributed by atoms with Crippen molar-refractivity contribution in [2.24, 2.45) is 5.73 Å². The Morgan fingerprint density at radius 2 is 1.72 bits per heavy atom. The number of amides is 2. The summed E-state index contributed by atoms with van der Waals surface area (Å²) >= 11 is 0. The molecule has 146 valence electrons. The summed E-state index contributed by atoms with van der Waals surface area (Å²) in [6.07, 6.45) is 5.15. The number of piperidine rings is 1. The normalized spacial score (nSPS) is 16.4. The molecule has 0 radical (unpaired) electrons. The number of carbonyl (C=O) groups is 2. The van der Waals surface area contributed by atoms with Crippen molar-refractivity contribution in [1.82, 2.24) is 14.9 Å². The standard InChI is InChI=1S/C23H22N4O2/c24-22(28)18-9-4-8-17(14-18)20-21(26-12-11-25-20)19-10-5-13-27(15-19)23(29)16-6-2-1-3-7-16/h1-4,6-9,11-12,14,19H,5,10,13,15H2,(H2,24,28). The van der Waals surface area contributed by atoms with Gasteiger partial charge < -0.3 is 10.6 Å². The Hall–Kier alpha value is -3.54. The maximum Gasteiger partial charge on any atom is 0.253 e. The minimum Gasteiger partial charge on any atom is -0.366 e. The second-order valence-corrected chi connectivity index (χ2v) is 7.19. The van der Waals surface area contributed by atoms with E-state index in [4.69, 9.17) is 5.73 Å². The lowest BCUT2D eigenvalue weighted by atomic mass is 9.91. The molecule has 0 bridgehead atoms. The topological polar surface area (TPSA) is 89.2 Å². The highest BCUT2D eigenvalue weighted by Gasteiger charge is 2.28. The molecule has 29 heavy (non-hydrogen) atoms. The zero-order valence-corrected chi connectivity index (χ0v) is 16.0. The molecule has 2 N–H and O–H groups in total. The molecule has 2 aromatic carbocycles. The number of hydrogen-bond donors (Lipinski definition) is 1. The summed E-state index contributed by atoms with van der Waals surface area (Å²) in [5.41, 5.74) is 8.94. The number of nitrogens with zero attached hydrogens (tertiary/aromatic N) is 3. The van der Waals surface area contributed by atoms with Crippen LogP contribution >= 0.6 is 0 Å². The predicted molar refractivity (Wildman–Crippen MR) is 110 cm³/mol. The maximum absolute atomic E-state index is 12.9. The highest BCUT2D eigenvalue weighted by atomic mass is 16.2. The fraction of sp³-hybridized carbons (Fsp3) is 0.217. The van der Waals surface area contributed by atoms with Crippen LogP contribution in [0, 0.1) is 0 Å². The van der Waals surface area contributed by atoms with E-state index in [0.29, 0.717) is 17.7 Å². The fourth-order valence-corrected chi connectivity index (χ4v) is 3.84. The van der Waals surface area contributed by atoms with Crippen molar-refractivity contribution < 1.29 is 9.59 Å². The first kappa shape index (κ1) is 18.8. The Morgan fingerprint density at radius 3 is 2.52 bits per heavy atom. The van der Waals surface area contributed by atoms with Crippen molar-refractivity contribution in [2.45, 2.75) is 18.8 Å². The lowest BCUT2D eigenvalue weighted by Gasteiger charge is -2.33. The van der Waals surface area contributed by atoms with E-state index in [1.165, 1.54) is 0 Å². The molecule has 1 aliphatic rings. The van der Waals surface area contributed by atoms with E-state index in [9.17, 15) is 9.59 Å². The van der Waals surface area contributed by atoms with Gasteiger partial charge in [-0.3, -0.25) is 19.6 Å². The molecule has 1 atom stereocenters. The Labute approximate surface area is 169 Å². The summed E-state index contributed by atoms with van der Waals surface area (Å²) in [6.45, 7) is 1.33. The quantitative estimate of drug-likeness (QED) is 0.745. The highest BCUT2D eigenvalue weighted by Crippen LogP contribution is 2.32. The van der Waals surface area contributed by atoms with Gasteiger partial charge in [-0.25, -0.2) is 0 Å². The van der Waals surface area contributed by atoms with Crippen LogP contribution in [0.2, 0.25) is 0 Å². The number of rotatable bonds is 4. The predicted octanol–water partition coefficient (Wildman–Crippen LogP) is 3.26. The van der Waals surface area contributed by atoms with Crippen molar-refractivity contribution in [1.29, 1.82) is 0 Å². The Balaban J connectivity index is 1.63. The summed E-state index contributed by atoms with van der Waals surface area (Å²) in [5.74, 6) is -0.358. The Kier molecular flexibility index (Phi) is 5.33. The van der Waals surface area contributed by atoms with Gasteiger partial charge in [0.1, 0.15) is 0 Å². The van der Waals surface area contributed by atoms with E-state index < -0.39 is 5.91 Å². The van der Waals surface area contributed by atoms with E-state index in [1.54, 1.807) is 30.6 Å². The van der Waals surface area contributed by atoms with Gasteiger partial charge in [-0.15, -0.1) is 0 Å². The number of benzene rings is 2. The van der Waals surface area contributed by atoms with Crippen LogP contribution in [0.15, 0.2) is 67.0 Å². The molecule has 1 aliphatic heterocycles. The molecule has 0 spiro atoms. The molecule has 3 aromatic rings. The van der Waals surface area contributed by atoms with Gasteiger partial charge in [-0.1, -0.05) is 30.3 Å². The average Bonchev–Trinajstić information content (AvgIpc) is 2.79. The van der Waals surface area contributed by atoms with Crippen molar-refractivity contribution in [3.63, 3.8) is 0 Å². The fourth-order valence-electron chi connectivity index (χ4n) is 3.84. The second-order valence-electron chi connectivity index (χ2n) is 7.19. The van der Waals surface area contributed by atoms with E-state index in [0.717, 1.165) is 36.3 Å². The van der Waals surface area contributed by atoms with Crippen molar-refractivity contribution in [3.8, 4) is 11.3 Å². The number of carbonyl (C=O) groups excluding carboxylic acids is 2. The molecule has 4 rings (SSSR count). The molecule has 2 amide bonds. The number of primary amides is 1. The third-order valence-corrected chi connectivity index (χ3v) is 5.26. The number of likely N-dealkylation sites (tertiary alicyclic amines) is 1. The molecule has 6 nitrogen and oxygen atoms in total. The lowest BCUT2D eigenvalue weighted by molar-refractivity contribution is 0.0705. The van der Waals surface area contributed by atoms with Crippen molar-refractivity contribution in [2.75, 3.05) is 13.1 Å². The van der Waals surface area contributed by atoms with Gasteiger partial charge >= 0.3 is 0 Å². The maximum atomic E-state index is 12.9. The molecular formula is C23H22N4O2. The van der Waals surface area contributed by atoms with Gasteiger partial charge in [0.2, 0.25) is 5.91 Å². The molecule has 0 saturated carbocycles. The molecular weight excluding hydrogens is 364 g/mol. The Bertz CT molecular complexity index is 1040. The van der Waals surface area contributed by atoms with Gasteiger partial charge in [0, 0.05) is 48.1 Å². The van der Waals surface area contributed by atoms with E-state index >= 15 is 0 Å². The van der Waals surface area contributed by atoms with Gasteiger partial charge in [-0.2, -0.15) is 0 Å². The van der Waals surface area contributed by atoms with Crippen molar-refractivity contribution >= 4 is 11.8 Å². The number of aromatic nitrogens is 2. The molecule has 1 saturated heterocycles. The molecule has 6 heteroatoms. The largest absolute Gasteiger partial charge is 0.366 e. The minimum absolute atomic E-state index is 0.0384. The first-order chi connectivity index (χ1) is 14.1. The van der Waals surface area contributed by atoms with Crippen LogP contribution in [0.3, 0.4) is 0 Å². The van der Waals surface area contributed by atoms with Crippen LogP contribution in [0.5, 0.6) is 0 Å². The highest BCUT2D eigenvalue weighted by molar-refractivity contribution is 5.94. The van der Waals surface area contributed by atoms with Gasteiger partial charge in [0.15, 0.2) is 0 Å². The van der Waals surface area contributed by atoms with E-state index in [-0.39, 0.29) is 11.8 Å². The van der Waals surface area contributed by atoms with E-state index in [1.807, 2.05) is 41.3 Å². The summed E-state index contributed by atoms with van der Waals surface area (Å²) in [6, 6.07) is 16.5. The van der Waals surface area contributed by atoms with Crippen LogP contribution in [0.25, 0.3) is 11.3 Å². The molecule has 0 aliphatic carbocycles.